The van der Waals surface area contributed by atoms with Gasteiger partial charge in [0.1, 0.15) is 12.4 Å². The van der Waals surface area contributed by atoms with E-state index in [-0.39, 0.29) is 11.4 Å². The first-order chi connectivity index (χ1) is 29.9. The van der Waals surface area contributed by atoms with Crippen LogP contribution in [0.5, 0.6) is 5.75 Å². The lowest BCUT2D eigenvalue weighted by Crippen LogP contribution is -2.36. The molecule has 0 aromatic heterocycles. The van der Waals surface area contributed by atoms with E-state index in [1.54, 1.807) is 7.11 Å². The number of morpholine rings is 1. The molecule has 2 aliphatic rings. The van der Waals surface area contributed by atoms with Gasteiger partial charge in [-0.25, -0.2) is 0 Å². The fraction of sp³-hybridized carbons (Fsp3) is 0.618. The van der Waals surface area contributed by atoms with Crippen molar-refractivity contribution >= 4 is 11.5 Å². The van der Waals surface area contributed by atoms with Crippen LogP contribution in [-0.2, 0) is 20.7 Å². The number of hydrogen-bond donors (Lipinski definition) is 1. The Morgan fingerprint density at radius 3 is 2.15 bits per heavy atom. The third-order valence-electron chi connectivity index (χ3n) is 11.7. The summed E-state index contributed by atoms with van der Waals surface area (Å²) in [6, 6.07) is 15.4. The smallest absolute Gasteiger partial charge is 0.220 e. The van der Waals surface area contributed by atoms with E-state index >= 15 is 0 Å². The van der Waals surface area contributed by atoms with Gasteiger partial charge in [-0.2, -0.15) is 0 Å². The standard InChI is InChI=1S/C27H40N2O2.C14H20O.C9H19NO.C3H8.C2H2/c1-6-9-18-27(25(8-3)29(27)5)19-17-26(30)28-20-21-31-24-15-13-23(14-16-24)12-11-22(4)10-7-2;1-6-14(12(4)15-5)13-8-7-10(2)11(3)9-13;1-2-3-4-5-10-6-8-11-9-7-10;1-3-2;1-2/h1,10,13-16,25H,7-9,11-12,17-21H2,2-5H3,(H,28,30);7-9H,6H2,1-5H3;2-9H2,1H3;3H2,1-2H3;1-2H/b22-10-;14-12+;;;. The number of amides is 1. The molecule has 2 heterocycles. The fourth-order valence-corrected chi connectivity index (χ4v) is 7.80. The Morgan fingerprint density at radius 2 is 1.61 bits per heavy atom. The summed E-state index contributed by atoms with van der Waals surface area (Å²) in [7, 11) is 3.87. The highest BCUT2D eigenvalue weighted by Gasteiger charge is 2.57. The Hall–Kier alpha value is -4.01. The van der Waals surface area contributed by atoms with E-state index in [0.717, 1.165) is 89.2 Å². The van der Waals surface area contributed by atoms with E-state index < -0.39 is 0 Å². The SMILES string of the molecule is C#C.C#CCCC1(CCC(=O)NCCOc2ccc(CC/C(C)=C\CC)cc2)C(CC)N1C.CC/C(=C(/C)OC)c1ccc(C)c(C)c1.CCC.CCCCCN1CCOCC1. The minimum atomic E-state index is 0.0877. The van der Waals surface area contributed by atoms with Crippen molar-refractivity contribution in [3.63, 3.8) is 0 Å². The summed E-state index contributed by atoms with van der Waals surface area (Å²) in [5.74, 6) is 4.70. The summed E-state index contributed by atoms with van der Waals surface area (Å²) >= 11 is 0. The second kappa shape index (κ2) is 35.5. The minimum absolute atomic E-state index is 0.0877. The summed E-state index contributed by atoms with van der Waals surface area (Å²) < 4.78 is 16.4. The molecule has 3 unspecified atom stereocenters. The van der Waals surface area contributed by atoms with Gasteiger partial charge in [0.05, 0.1) is 32.6 Å². The molecule has 2 aliphatic heterocycles. The van der Waals surface area contributed by atoms with E-state index in [4.69, 9.17) is 20.6 Å². The Morgan fingerprint density at radius 1 is 0.952 bits per heavy atom. The quantitative estimate of drug-likeness (QED) is 0.0444. The minimum Gasteiger partial charge on any atom is -0.501 e. The molecule has 0 spiro atoms. The molecule has 0 radical (unpaired) electrons. The van der Waals surface area contributed by atoms with Crippen molar-refractivity contribution < 1.29 is 19.0 Å². The van der Waals surface area contributed by atoms with Crippen LogP contribution in [0.1, 0.15) is 155 Å². The van der Waals surface area contributed by atoms with Crippen LogP contribution in [0.15, 0.2) is 59.9 Å². The summed E-state index contributed by atoms with van der Waals surface area (Å²) in [4.78, 5) is 17.2. The lowest BCUT2D eigenvalue weighted by molar-refractivity contribution is -0.121. The third-order valence-corrected chi connectivity index (χ3v) is 11.7. The number of carbonyl (C=O) groups is 1. The van der Waals surface area contributed by atoms with Crippen molar-refractivity contribution in [3.8, 4) is 30.9 Å². The first kappa shape index (κ1) is 58.0. The van der Waals surface area contributed by atoms with Gasteiger partial charge in [-0.05, 0) is 133 Å². The van der Waals surface area contributed by atoms with Gasteiger partial charge >= 0.3 is 0 Å². The Bertz CT molecular complexity index is 1600. The van der Waals surface area contributed by atoms with Gasteiger partial charge in [-0.3, -0.25) is 14.6 Å². The van der Waals surface area contributed by atoms with Crippen molar-refractivity contribution in [1.82, 2.24) is 15.1 Å². The molecular weight excluding hydrogens is 767 g/mol. The number of nitrogens with one attached hydrogen (secondary N) is 1. The normalized spacial score (nSPS) is 18.2. The van der Waals surface area contributed by atoms with Crippen molar-refractivity contribution in [1.29, 1.82) is 0 Å². The Labute approximate surface area is 381 Å². The number of likely N-dealkylation sites (N-methyl/N-ethyl adjacent to an activating group) is 1. The average molecular weight is 856 g/mol. The number of nitrogens with zero attached hydrogens (tertiary/aromatic N) is 2. The summed E-state index contributed by atoms with van der Waals surface area (Å²) in [6.45, 7) is 28.0. The van der Waals surface area contributed by atoms with Gasteiger partial charge in [0, 0.05) is 37.5 Å². The monoisotopic (exact) mass is 856 g/mol. The highest BCUT2D eigenvalue weighted by atomic mass is 16.5. The number of rotatable bonds is 21. The number of terminal acetylenes is 2. The highest BCUT2D eigenvalue weighted by molar-refractivity contribution is 5.76. The topological polar surface area (TPSA) is 63.0 Å². The van der Waals surface area contributed by atoms with Gasteiger partial charge in [0.15, 0.2) is 0 Å². The Balaban J connectivity index is 0.000000987. The van der Waals surface area contributed by atoms with Gasteiger partial charge in [-0.1, -0.05) is 103 Å². The predicted molar refractivity (Wildman–Crippen MR) is 268 cm³/mol. The third kappa shape index (κ3) is 22.9. The molecule has 0 aliphatic carbocycles. The summed E-state index contributed by atoms with van der Waals surface area (Å²) in [5.41, 5.74) is 8.12. The number of carbonyl (C=O) groups excluding carboxylic acids is 1. The second-order valence-electron chi connectivity index (χ2n) is 16.4. The van der Waals surface area contributed by atoms with Crippen LogP contribution >= 0.6 is 0 Å². The molecule has 4 rings (SSSR count). The lowest BCUT2D eigenvalue weighted by Gasteiger charge is -2.26. The van der Waals surface area contributed by atoms with E-state index in [2.05, 4.69) is 140 Å². The maximum absolute atomic E-state index is 12.3. The zero-order valence-corrected chi connectivity index (χ0v) is 41.6. The van der Waals surface area contributed by atoms with Crippen LogP contribution in [0.2, 0.25) is 0 Å². The van der Waals surface area contributed by atoms with E-state index in [0.29, 0.717) is 25.6 Å². The van der Waals surface area contributed by atoms with E-state index in [1.807, 2.05) is 19.1 Å². The van der Waals surface area contributed by atoms with Crippen LogP contribution < -0.4 is 10.1 Å². The molecule has 2 aromatic carbocycles. The number of hydrogen-bond acceptors (Lipinski definition) is 6. The van der Waals surface area contributed by atoms with Crippen LogP contribution in [-0.4, -0.2) is 87.4 Å². The van der Waals surface area contributed by atoms with Crippen molar-refractivity contribution in [2.45, 2.75) is 164 Å². The molecular formula is C55H89N3O4. The van der Waals surface area contributed by atoms with Crippen molar-refractivity contribution in [2.24, 2.45) is 0 Å². The molecule has 7 heteroatoms. The maximum Gasteiger partial charge on any atom is 0.220 e. The molecule has 2 fully saturated rings. The fourth-order valence-electron chi connectivity index (χ4n) is 7.80. The van der Waals surface area contributed by atoms with Crippen molar-refractivity contribution in [3.05, 3.63) is 82.1 Å². The second-order valence-corrected chi connectivity index (χ2v) is 16.4. The largest absolute Gasteiger partial charge is 0.501 e. The molecule has 0 saturated carbocycles. The lowest BCUT2D eigenvalue weighted by atomic mass is 9.92. The van der Waals surface area contributed by atoms with Crippen LogP contribution in [0, 0.1) is 39.0 Å². The molecule has 2 saturated heterocycles. The number of benzene rings is 2. The number of allylic oxidation sites excluding steroid dienone is 4. The molecule has 348 valence electrons. The number of aryl methyl sites for hydroxylation is 3. The average Bonchev–Trinajstić information content (AvgIpc) is 3.87. The van der Waals surface area contributed by atoms with Gasteiger partial charge in [0.25, 0.3) is 0 Å². The molecule has 1 amide bonds. The summed E-state index contributed by atoms with van der Waals surface area (Å²) in [6.07, 6.45) is 29.5. The van der Waals surface area contributed by atoms with E-state index in [1.165, 1.54) is 65.6 Å². The van der Waals surface area contributed by atoms with Crippen molar-refractivity contribution in [2.75, 3.05) is 60.2 Å². The molecule has 3 atom stereocenters. The number of methoxy groups -OCH3 is 1. The molecule has 2 aromatic rings. The van der Waals surface area contributed by atoms with Gasteiger partial charge in [-0.15, -0.1) is 25.2 Å². The van der Waals surface area contributed by atoms with Gasteiger partial charge < -0.3 is 19.5 Å². The zero-order chi connectivity index (χ0) is 46.8. The maximum atomic E-state index is 12.3. The Kier molecular flexibility index (Phi) is 33.2. The first-order valence-corrected chi connectivity index (χ1v) is 23.7. The van der Waals surface area contributed by atoms with Crippen LogP contribution in [0.4, 0.5) is 0 Å². The van der Waals surface area contributed by atoms with Crippen LogP contribution in [0.25, 0.3) is 5.57 Å². The first-order valence-electron chi connectivity index (χ1n) is 23.7. The molecule has 62 heavy (non-hydrogen) atoms. The predicted octanol–water partition coefficient (Wildman–Crippen LogP) is 12.4. The molecule has 0 bridgehead atoms. The number of unbranched alkanes of at least 4 members (excludes halogenated alkanes) is 2. The summed E-state index contributed by atoms with van der Waals surface area (Å²) in [5, 5.41) is 2.98. The molecule has 1 N–H and O–H groups in total. The zero-order valence-electron chi connectivity index (χ0n) is 41.6. The van der Waals surface area contributed by atoms with Crippen LogP contribution in [0.3, 0.4) is 0 Å². The molecule has 7 nitrogen and oxygen atoms in total. The van der Waals surface area contributed by atoms with Gasteiger partial charge in [0.2, 0.25) is 5.91 Å². The van der Waals surface area contributed by atoms with E-state index in [9.17, 15) is 4.79 Å². The highest BCUT2D eigenvalue weighted by Crippen LogP contribution is 2.48. The number of ether oxygens (including phenoxy) is 3.